The highest BCUT2D eigenvalue weighted by molar-refractivity contribution is 6.22. The molecule has 24 heavy (non-hydrogen) atoms. The van der Waals surface area contributed by atoms with Gasteiger partial charge in [-0.1, -0.05) is 0 Å². The van der Waals surface area contributed by atoms with Gasteiger partial charge in [0.1, 0.15) is 5.75 Å². The lowest BCUT2D eigenvalue weighted by Crippen LogP contribution is -2.05. The van der Waals surface area contributed by atoms with Crippen molar-refractivity contribution in [3.63, 3.8) is 0 Å². The molecule has 2 aromatic carbocycles. The predicted molar refractivity (Wildman–Crippen MR) is 88.0 cm³/mol. The number of phenols is 1. The first-order valence-electron chi connectivity index (χ1n) is 7.16. The number of benzene rings is 2. The number of hydrogen-bond donors (Lipinski definition) is 2. The van der Waals surface area contributed by atoms with Gasteiger partial charge in [-0.2, -0.15) is 0 Å². The van der Waals surface area contributed by atoms with Crippen LogP contribution in [0.1, 0.15) is 20.7 Å². The molecule has 0 bridgehead atoms. The average molecular weight is 325 g/mol. The normalized spacial score (nSPS) is 14.2. The lowest BCUT2D eigenvalue weighted by atomic mass is 10.1. The second-order valence-electron chi connectivity index (χ2n) is 5.18. The van der Waals surface area contributed by atoms with Gasteiger partial charge < -0.3 is 19.9 Å². The summed E-state index contributed by atoms with van der Waals surface area (Å²) in [6.07, 6.45) is 1.24. The summed E-state index contributed by atoms with van der Waals surface area (Å²) in [6.45, 7) is 0. The highest BCUT2D eigenvalue weighted by Crippen LogP contribution is 2.32. The maximum absolute atomic E-state index is 12.4. The summed E-state index contributed by atoms with van der Waals surface area (Å²) in [6, 6.07) is 9.16. The van der Waals surface area contributed by atoms with Gasteiger partial charge in [0, 0.05) is 23.3 Å². The van der Waals surface area contributed by atoms with Crippen LogP contribution in [0.2, 0.25) is 0 Å². The summed E-state index contributed by atoms with van der Waals surface area (Å²) in [5, 5.41) is 12.3. The van der Waals surface area contributed by atoms with Crippen LogP contribution < -0.4 is 14.8 Å². The number of carbonyl (C=O) groups excluding carboxylic acids is 2. The Labute approximate surface area is 138 Å². The third-order valence-electron chi connectivity index (χ3n) is 3.71. The molecule has 0 saturated carbocycles. The summed E-state index contributed by atoms with van der Waals surface area (Å²) < 4.78 is 10.3. The van der Waals surface area contributed by atoms with Gasteiger partial charge in [-0.25, -0.2) is 0 Å². The van der Waals surface area contributed by atoms with Crippen LogP contribution in [-0.2, 0) is 0 Å². The first-order valence-corrected chi connectivity index (χ1v) is 7.16. The Morgan fingerprint density at radius 2 is 1.83 bits per heavy atom. The Kier molecular flexibility index (Phi) is 3.95. The molecule has 0 amide bonds. The molecule has 0 fully saturated rings. The second-order valence-corrected chi connectivity index (χ2v) is 5.18. The van der Waals surface area contributed by atoms with Crippen LogP contribution >= 0.6 is 0 Å². The molecule has 2 aromatic rings. The summed E-state index contributed by atoms with van der Waals surface area (Å²) >= 11 is 0. The lowest BCUT2D eigenvalue weighted by molar-refractivity contribution is 0.101. The number of Topliss-reactive ketones (excluding diaryl/α,β-unsaturated/α-hetero) is 1. The first-order chi connectivity index (χ1) is 11.5. The van der Waals surface area contributed by atoms with Crippen molar-refractivity contribution in [3.8, 4) is 17.2 Å². The first kappa shape index (κ1) is 15.6. The third-order valence-corrected chi connectivity index (χ3v) is 3.71. The van der Waals surface area contributed by atoms with Crippen LogP contribution in [0.4, 0.5) is 5.69 Å². The molecular formula is C18H15NO5. The molecule has 0 atom stereocenters. The van der Waals surface area contributed by atoms with Crippen molar-refractivity contribution >= 4 is 17.3 Å². The van der Waals surface area contributed by atoms with Gasteiger partial charge in [0.05, 0.1) is 25.6 Å². The Bertz CT molecular complexity index is 870. The fourth-order valence-corrected chi connectivity index (χ4v) is 2.49. The summed E-state index contributed by atoms with van der Waals surface area (Å²) in [5.41, 5.74) is 1.43. The van der Waals surface area contributed by atoms with Crippen LogP contribution in [0.15, 0.2) is 48.2 Å². The molecule has 1 heterocycles. The number of hydrogen-bond acceptors (Lipinski definition) is 6. The maximum Gasteiger partial charge on any atom is 0.211 e. The standard InChI is InChI=1S/C18H15NO5/c1-23-16-6-3-10(7-17(16)24-2)15(21)9-14-18(22)12-5-4-11(20)8-13(12)19-14/h3-9,19-20H,1-2H3. The third kappa shape index (κ3) is 2.69. The van der Waals surface area contributed by atoms with Gasteiger partial charge in [-0.05, 0) is 30.3 Å². The molecule has 122 valence electrons. The largest absolute Gasteiger partial charge is 0.508 e. The Balaban J connectivity index is 1.90. The van der Waals surface area contributed by atoms with E-state index in [1.807, 2.05) is 0 Å². The minimum atomic E-state index is -0.344. The van der Waals surface area contributed by atoms with E-state index in [-0.39, 0.29) is 23.0 Å². The molecule has 0 unspecified atom stereocenters. The van der Waals surface area contributed by atoms with Crippen molar-refractivity contribution in [2.75, 3.05) is 19.5 Å². The Hall–Kier alpha value is -3.28. The number of ketones is 2. The number of phenolic OH excluding ortho intramolecular Hbond substituents is 1. The highest BCUT2D eigenvalue weighted by atomic mass is 16.5. The van der Waals surface area contributed by atoms with Gasteiger partial charge in [-0.3, -0.25) is 9.59 Å². The molecule has 0 saturated heterocycles. The van der Waals surface area contributed by atoms with E-state index in [2.05, 4.69) is 5.32 Å². The zero-order chi connectivity index (χ0) is 17.3. The van der Waals surface area contributed by atoms with Crippen LogP contribution in [0.3, 0.4) is 0 Å². The van der Waals surface area contributed by atoms with Gasteiger partial charge in [0.15, 0.2) is 17.3 Å². The molecule has 0 spiro atoms. The summed E-state index contributed by atoms with van der Waals surface area (Å²) in [4.78, 5) is 24.7. The quantitative estimate of drug-likeness (QED) is 0.664. The predicted octanol–water partition coefficient (Wildman–Crippen LogP) is 2.78. The maximum atomic E-state index is 12.4. The van der Waals surface area contributed by atoms with Crippen LogP contribution in [0.5, 0.6) is 17.2 Å². The smallest absolute Gasteiger partial charge is 0.211 e. The number of aromatic hydroxyl groups is 1. The van der Waals surface area contributed by atoms with E-state index in [0.29, 0.717) is 28.3 Å². The van der Waals surface area contributed by atoms with Crippen molar-refractivity contribution in [2.24, 2.45) is 0 Å². The van der Waals surface area contributed by atoms with Crippen LogP contribution in [-0.4, -0.2) is 30.9 Å². The fourth-order valence-electron chi connectivity index (χ4n) is 2.49. The van der Waals surface area contributed by atoms with Crippen molar-refractivity contribution in [3.05, 3.63) is 59.3 Å². The molecule has 6 heteroatoms. The van der Waals surface area contributed by atoms with E-state index in [1.165, 1.54) is 38.5 Å². The van der Waals surface area contributed by atoms with Crippen molar-refractivity contribution in [1.29, 1.82) is 0 Å². The topological polar surface area (TPSA) is 84.9 Å². The second kappa shape index (κ2) is 6.08. The molecule has 0 aliphatic carbocycles. The van der Waals surface area contributed by atoms with Crippen molar-refractivity contribution < 1.29 is 24.2 Å². The van der Waals surface area contributed by atoms with E-state index < -0.39 is 0 Å². The van der Waals surface area contributed by atoms with Crippen molar-refractivity contribution in [2.45, 2.75) is 0 Å². The van der Waals surface area contributed by atoms with Gasteiger partial charge >= 0.3 is 0 Å². The Morgan fingerprint density at radius 3 is 2.54 bits per heavy atom. The van der Waals surface area contributed by atoms with Gasteiger partial charge in [0.25, 0.3) is 0 Å². The molecule has 1 aliphatic rings. The van der Waals surface area contributed by atoms with Crippen LogP contribution in [0.25, 0.3) is 0 Å². The van der Waals surface area contributed by atoms with E-state index >= 15 is 0 Å². The number of nitrogens with one attached hydrogen (secondary N) is 1. The SMILES string of the molecule is COc1ccc(C(=O)C=C2Nc3cc(O)ccc3C2=O)cc1OC. The number of fused-ring (bicyclic) bond motifs is 1. The average Bonchev–Trinajstić information content (AvgIpc) is 2.89. The van der Waals surface area contributed by atoms with E-state index in [0.717, 1.165) is 0 Å². The molecule has 2 N–H and O–H groups in total. The summed E-state index contributed by atoms with van der Waals surface area (Å²) in [5.74, 6) is 0.351. The minimum absolute atomic E-state index is 0.0431. The van der Waals surface area contributed by atoms with Gasteiger partial charge in [-0.15, -0.1) is 0 Å². The van der Waals surface area contributed by atoms with Crippen molar-refractivity contribution in [1.82, 2.24) is 0 Å². The zero-order valence-electron chi connectivity index (χ0n) is 13.1. The zero-order valence-corrected chi connectivity index (χ0v) is 13.1. The van der Waals surface area contributed by atoms with Crippen LogP contribution in [0, 0.1) is 0 Å². The highest BCUT2D eigenvalue weighted by Gasteiger charge is 2.25. The minimum Gasteiger partial charge on any atom is -0.508 e. The van der Waals surface area contributed by atoms with E-state index in [1.54, 1.807) is 18.2 Å². The number of methoxy groups -OCH3 is 2. The van der Waals surface area contributed by atoms with E-state index in [4.69, 9.17) is 9.47 Å². The molecule has 0 radical (unpaired) electrons. The fraction of sp³-hybridized carbons (Fsp3) is 0.111. The molecule has 0 aromatic heterocycles. The molecule has 1 aliphatic heterocycles. The lowest BCUT2D eigenvalue weighted by Gasteiger charge is -2.08. The molecule has 6 nitrogen and oxygen atoms in total. The number of ether oxygens (including phenoxy) is 2. The van der Waals surface area contributed by atoms with Gasteiger partial charge in [0.2, 0.25) is 5.78 Å². The Morgan fingerprint density at radius 1 is 1.08 bits per heavy atom. The monoisotopic (exact) mass is 325 g/mol. The number of carbonyl (C=O) groups is 2. The number of rotatable bonds is 4. The molecular weight excluding hydrogens is 310 g/mol. The van der Waals surface area contributed by atoms with E-state index in [9.17, 15) is 14.7 Å². The number of anilines is 1. The summed E-state index contributed by atoms with van der Waals surface area (Å²) in [7, 11) is 2.99. The molecule has 3 rings (SSSR count). The number of allylic oxidation sites excluding steroid dienone is 2.